The number of hydrogen-bond acceptors (Lipinski definition) is 2. The van der Waals surface area contributed by atoms with Crippen LogP contribution in [0.15, 0.2) is 17.1 Å². The van der Waals surface area contributed by atoms with E-state index in [1.54, 1.807) is 6.39 Å². The molecule has 0 aliphatic heterocycles. The molecule has 0 N–H and O–H groups in total. The zero-order valence-corrected chi connectivity index (χ0v) is 8.98. The molecule has 0 aromatic carbocycles. The first-order valence-electron chi connectivity index (χ1n) is 6.23. The Kier molecular flexibility index (Phi) is 1.48. The molecule has 4 bridgehead atoms. The molecule has 4 aliphatic rings. The van der Waals surface area contributed by atoms with E-state index >= 15 is 0 Å². The van der Waals surface area contributed by atoms with E-state index in [2.05, 4.69) is 4.98 Å². The smallest absolute Gasteiger partial charge is 0.180 e. The Hall–Kier alpha value is -0.790. The van der Waals surface area contributed by atoms with E-state index in [1.165, 1.54) is 44.2 Å². The summed E-state index contributed by atoms with van der Waals surface area (Å²) in [5, 5.41) is 0. The van der Waals surface area contributed by atoms with Gasteiger partial charge in [-0.2, -0.15) is 0 Å². The average molecular weight is 203 g/mol. The summed E-state index contributed by atoms with van der Waals surface area (Å²) in [5.41, 5.74) is 1.67. The maximum atomic E-state index is 5.19. The van der Waals surface area contributed by atoms with Crippen molar-refractivity contribution in [2.75, 3.05) is 0 Å². The highest BCUT2D eigenvalue weighted by atomic mass is 16.3. The predicted molar refractivity (Wildman–Crippen MR) is 56.4 cm³/mol. The first-order valence-corrected chi connectivity index (χ1v) is 6.23. The highest BCUT2D eigenvalue weighted by molar-refractivity contribution is 5.19. The molecule has 0 atom stereocenters. The van der Waals surface area contributed by atoms with Crippen molar-refractivity contribution in [3.63, 3.8) is 0 Å². The summed E-state index contributed by atoms with van der Waals surface area (Å²) in [6, 6.07) is 0. The van der Waals surface area contributed by atoms with Gasteiger partial charge < -0.3 is 4.42 Å². The van der Waals surface area contributed by atoms with E-state index in [9.17, 15) is 0 Å². The van der Waals surface area contributed by atoms with Gasteiger partial charge >= 0.3 is 0 Å². The quantitative estimate of drug-likeness (QED) is 0.700. The standard InChI is InChI=1S/C13H17NO/c1-9-2-11-3-10(1)5-13(4-9,6-11)12-7-15-8-14-12/h7-11H,1-6H2. The molecule has 0 saturated heterocycles. The van der Waals surface area contributed by atoms with Gasteiger partial charge in [0.1, 0.15) is 6.26 Å². The molecule has 15 heavy (non-hydrogen) atoms. The Morgan fingerprint density at radius 2 is 1.67 bits per heavy atom. The largest absolute Gasteiger partial charge is 0.451 e. The lowest BCUT2D eigenvalue weighted by atomic mass is 9.49. The van der Waals surface area contributed by atoms with Crippen molar-refractivity contribution in [1.82, 2.24) is 4.98 Å². The van der Waals surface area contributed by atoms with Crippen molar-refractivity contribution < 1.29 is 4.42 Å². The molecule has 2 nitrogen and oxygen atoms in total. The van der Waals surface area contributed by atoms with Crippen molar-refractivity contribution in [3.05, 3.63) is 18.4 Å². The Bertz CT molecular complexity index is 333. The fraction of sp³-hybridized carbons (Fsp3) is 0.769. The van der Waals surface area contributed by atoms with Gasteiger partial charge in [-0.25, -0.2) is 4.98 Å². The van der Waals surface area contributed by atoms with Gasteiger partial charge in [-0.05, 0) is 56.3 Å². The lowest BCUT2D eigenvalue weighted by molar-refractivity contribution is -0.00723. The van der Waals surface area contributed by atoms with Crippen LogP contribution in [0.1, 0.15) is 44.2 Å². The van der Waals surface area contributed by atoms with Gasteiger partial charge in [0, 0.05) is 5.41 Å². The molecule has 0 spiro atoms. The molecular weight excluding hydrogens is 186 g/mol. The Labute approximate surface area is 90.1 Å². The molecule has 1 aromatic rings. The van der Waals surface area contributed by atoms with Crippen LogP contribution in [0.5, 0.6) is 0 Å². The van der Waals surface area contributed by atoms with Gasteiger partial charge in [0.25, 0.3) is 0 Å². The Morgan fingerprint density at radius 1 is 1.07 bits per heavy atom. The minimum Gasteiger partial charge on any atom is -0.451 e. The summed E-state index contributed by atoms with van der Waals surface area (Å²) in [5.74, 6) is 2.98. The molecule has 80 valence electrons. The molecule has 1 heterocycles. The van der Waals surface area contributed by atoms with Crippen LogP contribution in [-0.2, 0) is 5.41 Å². The normalized spacial score (nSPS) is 47.3. The summed E-state index contributed by atoms with van der Waals surface area (Å²) in [4.78, 5) is 4.44. The van der Waals surface area contributed by atoms with Gasteiger partial charge in [0.2, 0.25) is 0 Å². The van der Waals surface area contributed by atoms with E-state index in [0.29, 0.717) is 5.41 Å². The van der Waals surface area contributed by atoms with Crippen LogP contribution in [-0.4, -0.2) is 4.98 Å². The molecule has 5 rings (SSSR count). The predicted octanol–water partition coefficient (Wildman–Crippen LogP) is 3.14. The monoisotopic (exact) mass is 203 g/mol. The molecule has 1 aromatic heterocycles. The summed E-state index contributed by atoms with van der Waals surface area (Å²) in [6.45, 7) is 0. The van der Waals surface area contributed by atoms with Crippen molar-refractivity contribution in [3.8, 4) is 0 Å². The first kappa shape index (κ1) is 8.37. The van der Waals surface area contributed by atoms with Gasteiger partial charge in [0.15, 0.2) is 6.39 Å². The highest BCUT2D eigenvalue weighted by Gasteiger charge is 2.52. The van der Waals surface area contributed by atoms with Crippen molar-refractivity contribution in [2.24, 2.45) is 17.8 Å². The van der Waals surface area contributed by atoms with Gasteiger partial charge in [-0.15, -0.1) is 0 Å². The van der Waals surface area contributed by atoms with Crippen LogP contribution in [0.25, 0.3) is 0 Å². The van der Waals surface area contributed by atoms with Crippen LogP contribution < -0.4 is 0 Å². The second kappa shape index (κ2) is 2.66. The van der Waals surface area contributed by atoms with Crippen molar-refractivity contribution in [1.29, 1.82) is 0 Å². The molecule has 0 radical (unpaired) electrons. The molecule has 4 saturated carbocycles. The van der Waals surface area contributed by atoms with Crippen LogP contribution in [0.2, 0.25) is 0 Å². The second-order valence-corrected chi connectivity index (χ2v) is 6.07. The molecule has 0 amide bonds. The number of nitrogens with zero attached hydrogens (tertiary/aromatic N) is 1. The minimum atomic E-state index is 0.418. The third-order valence-corrected chi connectivity index (χ3v) is 5.01. The SMILES string of the molecule is c1nc(C23CC4CC(CC(C4)C2)C3)co1. The lowest BCUT2D eigenvalue weighted by Crippen LogP contribution is -2.48. The number of hydrogen-bond donors (Lipinski definition) is 0. The molecule has 4 fully saturated rings. The molecule has 4 aliphatic carbocycles. The maximum absolute atomic E-state index is 5.19. The summed E-state index contributed by atoms with van der Waals surface area (Å²) >= 11 is 0. The summed E-state index contributed by atoms with van der Waals surface area (Å²) in [7, 11) is 0. The number of oxazole rings is 1. The zero-order chi connectivity index (χ0) is 9.88. The van der Waals surface area contributed by atoms with E-state index < -0.39 is 0 Å². The Balaban J connectivity index is 1.77. The second-order valence-electron chi connectivity index (χ2n) is 6.07. The maximum Gasteiger partial charge on any atom is 0.180 e. The summed E-state index contributed by atoms with van der Waals surface area (Å²) < 4.78 is 5.19. The van der Waals surface area contributed by atoms with E-state index in [1.807, 2.05) is 6.26 Å². The number of aromatic nitrogens is 1. The van der Waals surface area contributed by atoms with Gasteiger partial charge in [-0.3, -0.25) is 0 Å². The molecule has 2 heteroatoms. The van der Waals surface area contributed by atoms with Gasteiger partial charge in [0.05, 0.1) is 5.69 Å². The molecule has 0 unspecified atom stereocenters. The van der Waals surface area contributed by atoms with Crippen molar-refractivity contribution in [2.45, 2.75) is 43.9 Å². The minimum absolute atomic E-state index is 0.418. The summed E-state index contributed by atoms with van der Waals surface area (Å²) in [6.07, 6.45) is 12.1. The third kappa shape index (κ3) is 1.08. The average Bonchev–Trinajstić information content (AvgIpc) is 2.67. The number of rotatable bonds is 1. The van der Waals surface area contributed by atoms with E-state index in [4.69, 9.17) is 4.42 Å². The fourth-order valence-corrected chi connectivity index (χ4v) is 4.90. The lowest BCUT2D eigenvalue weighted by Gasteiger charge is -2.56. The van der Waals surface area contributed by atoms with Crippen LogP contribution >= 0.6 is 0 Å². The third-order valence-electron chi connectivity index (χ3n) is 5.01. The first-order chi connectivity index (χ1) is 7.34. The van der Waals surface area contributed by atoms with E-state index in [-0.39, 0.29) is 0 Å². The molecular formula is C13H17NO. The zero-order valence-electron chi connectivity index (χ0n) is 8.98. The van der Waals surface area contributed by atoms with Crippen LogP contribution in [0, 0.1) is 17.8 Å². The topological polar surface area (TPSA) is 26.0 Å². The Morgan fingerprint density at radius 3 is 2.13 bits per heavy atom. The van der Waals surface area contributed by atoms with Gasteiger partial charge in [-0.1, -0.05) is 0 Å². The van der Waals surface area contributed by atoms with Crippen LogP contribution in [0.3, 0.4) is 0 Å². The fourth-order valence-electron chi connectivity index (χ4n) is 4.90. The van der Waals surface area contributed by atoms with E-state index in [0.717, 1.165) is 17.8 Å². The highest BCUT2D eigenvalue weighted by Crippen LogP contribution is 2.60. The van der Waals surface area contributed by atoms with Crippen LogP contribution in [0.4, 0.5) is 0 Å². The van der Waals surface area contributed by atoms with Crippen molar-refractivity contribution >= 4 is 0 Å².